The summed E-state index contributed by atoms with van der Waals surface area (Å²) in [5, 5.41) is 0. The number of amides is 1. The van der Waals surface area contributed by atoms with Crippen LogP contribution in [-0.2, 0) is 26.0 Å². The number of benzene rings is 1. The van der Waals surface area contributed by atoms with Crippen molar-refractivity contribution in [1.82, 2.24) is 4.90 Å². The van der Waals surface area contributed by atoms with Gasteiger partial charge in [0.2, 0.25) is 10.0 Å². The number of esters is 1. The summed E-state index contributed by atoms with van der Waals surface area (Å²) in [6.07, 6.45) is 4.53. The molecule has 0 spiro atoms. The van der Waals surface area contributed by atoms with E-state index in [4.69, 9.17) is 4.74 Å². The fourth-order valence-corrected chi connectivity index (χ4v) is 4.59. The Morgan fingerprint density at radius 2 is 1.89 bits per heavy atom. The average molecular weight is 394 g/mol. The van der Waals surface area contributed by atoms with Crippen LogP contribution in [0.25, 0.3) is 0 Å². The monoisotopic (exact) mass is 394 g/mol. The zero-order valence-corrected chi connectivity index (χ0v) is 16.6. The summed E-state index contributed by atoms with van der Waals surface area (Å²) in [5.74, 6) is -0.108. The molecule has 8 heteroatoms. The molecule has 27 heavy (non-hydrogen) atoms. The summed E-state index contributed by atoms with van der Waals surface area (Å²) in [6.45, 7) is 3.76. The SMILES string of the molecule is CC1CCN(C(=O)COC(=O)c2ccc3c(c2)CCCN3S(C)(=O)=O)CC1. The number of hydrogen-bond acceptors (Lipinski definition) is 5. The molecule has 0 bridgehead atoms. The van der Waals surface area contributed by atoms with E-state index < -0.39 is 16.0 Å². The van der Waals surface area contributed by atoms with E-state index in [0.29, 0.717) is 49.6 Å². The van der Waals surface area contributed by atoms with Crippen LogP contribution in [0.5, 0.6) is 0 Å². The smallest absolute Gasteiger partial charge is 0.338 e. The highest BCUT2D eigenvalue weighted by atomic mass is 32.2. The molecule has 1 amide bonds. The first-order valence-corrected chi connectivity index (χ1v) is 11.2. The van der Waals surface area contributed by atoms with Crippen LogP contribution in [0.1, 0.15) is 42.1 Å². The summed E-state index contributed by atoms with van der Waals surface area (Å²) in [5.41, 5.74) is 1.75. The second-order valence-electron chi connectivity index (χ2n) is 7.42. The van der Waals surface area contributed by atoms with Gasteiger partial charge in [0.1, 0.15) is 0 Å². The first-order valence-electron chi connectivity index (χ1n) is 9.31. The van der Waals surface area contributed by atoms with E-state index in [1.165, 1.54) is 10.6 Å². The van der Waals surface area contributed by atoms with Crippen molar-refractivity contribution in [3.05, 3.63) is 29.3 Å². The molecule has 148 valence electrons. The second kappa shape index (κ2) is 7.88. The minimum Gasteiger partial charge on any atom is -0.452 e. The number of nitrogens with zero attached hydrogens (tertiary/aromatic N) is 2. The normalized spacial score (nSPS) is 18.1. The zero-order chi connectivity index (χ0) is 19.6. The van der Waals surface area contributed by atoms with E-state index in [2.05, 4.69) is 6.92 Å². The molecule has 0 unspecified atom stereocenters. The van der Waals surface area contributed by atoms with Crippen molar-refractivity contribution in [2.24, 2.45) is 5.92 Å². The van der Waals surface area contributed by atoms with E-state index >= 15 is 0 Å². The fraction of sp³-hybridized carbons (Fsp3) is 0.579. The molecule has 0 N–H and O–H groups in total. The number of rotatable bonds is 4. The first kappa shape index (κ1) is 19.7. The van der Waals surface area contributed by atoms with Crippen molar-refractivity contribution in [3.8, 4) is 0 Å². The Morgan fingerprint density at radius 1 is 1.19 bits per heavy atom. The van der Waals surface area contributed by atoms with Gasteiger partial charge in [-0.05, 0) is 55.4 Å². The Bertz CT molecular complexity index is 829. The highest BCUT2D eigenvalue weighted by Crippen LogP contribution is 2.30. The highest BCUT2D eigenvalue weighted by Gasteiger charge is 2.25. The molecule has 3 rings (SSSR count). The number of fused-ring (bicyclic) bond motifs is 1. The Morgan fingerprint density at radius 3 is 2.56 bits per heavy atom. The number of ether oxygens (including phenoxy) is 1. The Hall–Kier alpha value is -2.09. The lowest BCUT2D eigenvalue weighted by Gasteiger charge is -2.30. The van der Waals surface area contributed by atoms with Gasteiger partial charge < -0.3 is 9.64 Å². The molecule has 0 aliphatic carbocycles. The largest absolute Gasteiger partial charge is 0.452 e. The fourth-order valence-electron chi connectivity index (χ4n) is 3.59. The molecule has 2 heterocycles. The van der Waals surface area contributed by atoms with Gasteiger partial charge in [0, 0.05) is 19.6 Å². The Balaban J connectivity index is 1.63. The van der Waals surface area contributed by atoms with Crippen molar-refractivity contribution >= 4 is 27.6 Å². The third-order valence-electron chi connectivity index (χ3n) is 5.25. The molecule has 1 aromatic carbocycles. The number of aryl methyl sites for hydroxylation is 1. The number of piperidine rings is 1. The predicted octanol–water partition coefficient (Wildman–Crippen LogP) is 1.81. The topological polar surface area (TPSA) is 84.0 Å². The molecule has 1 aromatic rings. The van der Waals surface area contributed by atoms with Crippen LogP contribution >= 0.6 is 0 Å². The average Bonchev–Trinajstić information content (AvgIpc) is 2.64. The number of anilines is 1. The van der Waals surface area contributed by atoms with Crippen LogP contribution in [0.3, 0.4) is 0 Å². The summed E-state index contributed by atoms with van der Waals surface area (Å²) in [4.78, 5) is 26.3. The lowest BCUT2D eigenvalue weighted by Crippen LogP contribution is -2.40. The van der Waals surface area contributed by atoms with Crippen LogP contribution < -0.4 is 4.31 Å². The van der Waals surface area contributed by atoms with Crippen LogP contribution in [-0.4, -0.2) is 57.7 Å². The van der Waals surface area contributed by atoms with Crippen molar-refractivity contribution in [2.45, 2.75) is 32.6 Å². The van der Waals surface area contributed by atoms with Gasteiger partial charge in [0.15, 0.2) is 6.61 Å². The number of carbonyl (C=O) groups is 2. The van der Waals surface area contributed by atoms with Crippen LogP contribution in [0.4, 0.5) is 5.69 Å². The lowest BCUT2D eigenvalue weighted by molar-refractivity contribution is -0.135. The molecule has 1 saturated heterocycles. The third kappa shape index (κ3) is 4.61. The summed E-state index contributed by atoms with van der Waals surface area (Å²) < 4.78 is 30.4. The number of likely N-dealkylation sites (tertiary alicyclic amines) is 1. The van der Waals surface area contributed by atoms with Gasteiger partial charge in [-0.2, -0.15) is 0 Å². The van der Waals surface area contributed by atoms with Gasteiger partial charge in [0.05, 0.1) is 17.5 Å². The molecule has 2 aliphatic rings. The maximum atomic E-state index is 12.3. The quantitative estimate of drug-likeness (QED) is 0.728. The molecule has 2 aliphatic heterocycles. The maximum Gasteiger partial charge on any atom is 0.338 e. The third-order valence-corrected chi connectivity index (χ3v) is 6.43. The standard InChI is InChI=1S/C19H26N2O5S/c1-14-7-10-20(11-8-14)18(22)13-26-19(23)16-5-6-17-15(12-16)4-3-9-21(17)27(2,24)25/h5-6,12,14H,3-4,7-11,13H2,1-2H3. The van der Waals surface area contributed by atoms with E-state index in [0.717, 1.165) is 18.4 Å². The Kier molecular flexibility index (Phi) is 5.74. The molecule has 1 fully saturated rings. The molecule has 0 aromatic heterocycles. The second-order valence-corrected chi connectivity index (χ2v) is 9.33. The van der Waals surface area contributed by atoms with Gasteiger partial charge >= 0.3 is 5.97 Å². The summed E-state index contributed by atoms with van der Waals surface area (Å²) in [7, 11) is -3.34. The van der Waals surface area contributed by atoms with Gasteiger partial charge in [-0.25, -0.2) is 13.2 Å². The van der Waals surface area contributed by atoms with Crippen LogP contribution in [0.2, 0.25) is 0 Å². The number of hydrogen-bond donors (Lipinski definition) is 0. The van der Waals surface area contributed by atoms with Crippen molar-refractivity contribution in [1.29, 1.82) is 0 Å². The van der Waals surface area contributed by atoms with Gasteiger partial charge in [0.25, 0.3) is 5.91 Å². The molecule has 0 saturated carbocycles. The maximum absolute atomic E-state index is 12.3. The molecule has 0 atom stereocenters. The van der Waals surface area contributed by atoms with Crippen molar-refractivity contribution < 1.29 is 22.7 Å². The predicted molar refractivity (Wildman–Crippen MR) is 102 cm³/mol. The summed E-state index contributed by atoms with van der Waals surface area (Å²) in [6, 6.07) is 4.86. The van der Waals surface area contributed by atoms with Gasteiger partial charge in [-0.15, -0.1) is 0 Å². The van der Waals surface area contributed by atoms with E-state index in [1.807, 2.05) is 0 Å². The number of carbonyl (C=O) groups excluding carboxylic acids is 2. The molecular weight excluding hydrogens is 368 g/mol. The molecular formula is C19H26N2O5S. The van der Waals surface area contributed by atoms with Gasteiger partial charge in [-0.1, -0.05) is 6.92 Å². The minimum absolute atomic E-state index is 0.170. The zero-order valence-electron chi connectivity index (χ0n) is 15.8. The van der Waals surface area contributed by atoms with Crippen LogP contribution in [0, 0.1) is 5.92 Å². The highest BCUT2D eigenvalue weighted by molar-refractivity contribution is 7.92. The molecule has 0 radical (unpaired) electrons. The minimum atomic E-state index is -3.34. The first-order chi connectivity index (χ1) is 12.8. The Labute approximate surface area is 160 Å². The van der Waals surface area contributed by atoms with Crippen LogP contribution in [0.15, 0.2) is 18.2 Å². The number of sulfonamides is 1. The lowest BCUT2D eigenvalue weighted by atomic mass is 9.99. The van der Waals surface area contributed by atoms with Crippen molar-refractivity contribution in [2.75, 3.05) is 36.8 Å². The summed E-state index contributed by atoms with van der Waals surface area (Å²) >= 11 is 0. The van der Waals surface area contributed by atoms with E-state index in [1.54, 1.807) is 23.1 Å². The van der Waals surface area contributed by atoms with Gasteiger partial charge in [-0.3, -0.25) is 9.10 Å². The molecule has 7 nitrogen and oxygen atoms in total. The van der Waals surface area contributed by atoms with Crippen molar-refractivity contribution in [3.63, 3.8) is 0 Å². The van der Waals surface area contributed by atoms with E-state index in [-0.39, 0.29) is 12.5 Å². The van der Waals surface area contributed by atoms with E-state index in [9.17, 15) is 18.0 Å².